The lowest BCUT2D eigenvalue weighted by molar-refractivity contribution is -0.132. The van der Waals surface area contributed by atoms with Gasteiger partial charge in [-0.25, -0.2) is 9.59 Å². The van der Waals surface area contributed by atoms with Gasteiger partial charge in [-0.1, -0.05) is 0 Å². The molecule has 0 fully saturated rings. The van der Waals surface area contributed by atoms with Gasteiger partial charge in [0.2, 0.25) is 0 Å². The normalized spacial score (nSPS) is 18.9. The molecule has 19 heavy (non-hydrogen) atoms. The number of halogens is 2. The fourth-order valence-corrected chi connectivity index (χ4v) is 1.57. The van der Waals surface area contributed by atoms with Crippen molar-refractivity contribution in [1.82, 2.24) is 5.32 Å². The summed E-state index contributed by atoms with van der Waals surface area (Å²) in [6.45, 7) is 4.89. The second-order valence-electron chi connectivity index (χ2n) is 5.08. The van der Waals surface area contributed by atoms with E-state index in [1.54, 1.807) is 20.8 Å². The maximum atomic E-state index is 12.7. The molecule has 0 bridgehead atoms. The topological polar surface area (TPSA) is 75.6 Å². The van der Waals surface area contributed by atoms with E-state index in [1.165, 1.54) is 0 Å². The van der Waals surface area contributed by atoms with Crippen molar-refractivity contribution in [3.05, 3.63) is 23.3 Å². The summed E-state index contributed by atoms with van der Waals surface area (Å²) in [5.41, 5.74) is -1.37. The highest BCUT2D eigenvalue weighted by Gasteiger charge is 2.31. The number of carboxylic acids is 1. The molecule has 2 N–H and O–H groups in total. The molecule has 0 spiro atoms. The van der Waals surface area contributed by atoms with E-state index in [0.29, 0.717) is 0 Å². The Morgan fingerprint density at radius 3 is 2.42 bits per heavy atom. The summed E-state index contributed by atoms with van der Waals surface area (Å²) in [5.74, 6) is -1.28. The molecule has 5 nitrogen and oxygen atoms in total. The van der Waals surface area contributed by atoms with Crippen LogP contribution in [0.15, 0.2) is 23.3 Å². The molecule has 1 aliphatic carbocycles. The van der Waals surface area contributed by atoms with Gasteiger partial charge in [-0.15, -0.1) is 0 Å². The summed E-state index contributed by atoms with van der Waals surface area (Å²) in [7, 11) is 0. The van der Waals surface area contributed by atoms with Gasteiger partial charge in [0.25, 0.3) is 6.08 Å². The van der Waals surface area contributed by atoms with Crippen LogP contribution < -0.4 is 5.32 Å². The van der Waals surface area contributed by atoms with Gasteiger partial charge in [-0.2, -0.15) is 8.78 Å². The number of nitrogens with one attached hydrogen (secondary N) is 1. The SMILES string of the molecule is CC(C)(C)OC(=O)N[C@H]1C=C(C(=O)O)CC1=C(F)F. The van der Waals surface area contributed by atoms with Crippen molar-refractivity contribution in [1.29, 1.82) is 0 Å². The standard InChI is InChI=1S/C12H15F2NO4/c1-12(2,3)19-11(18)15-8-5-6(10(16)17)4-7(8)9(13)14/h5,8H,4H2,1-3H3,(H,15,18)(H,16,17)/t8-/m0/s1. The molecule has 0 aromatic carbocycles. The molecular formula is C12H15F2NO4. The number of rotatable bonds is 2. The van der Waals surface area contributed by atoms with Crippen molar-refractivity contribution in [3.8, 4) is 0 Å². The number of hydrogen-bond donors (Lipinski definition) is 2. The highest BCUT2D eigenvalue weighted by Crippen LogP contribution is 2.29. The minimum Gasteiger partial charge on any atom is -0.478 e. The highest BCUT2D eigenvalue weighted by atomic mass is 19.3. The van der Waals surface area contributed by atoms with Crippen molar-refractivity contribution in [3.63, 3.8) is 0 Å². The third kappa shape index (κ3) is 4.35. The molecular weight excluding hydrogens is 260 g/mol. The van der Waals surface area contributed by atoms with Gasteiger partial charge < -0.3 is 15.2 Å². The van der Waals surface area contributed by atoms with Gasteiger partial charge in [0.05, 0.1) is 6.04 Å². The van der Waals surface area contributed by atoms with Crippen molar-refractivity contribution in [2.75, 3.05) is 0 Å². The first-order valence-corrected chi connectivity index (χ1v) is 5.57. The molecule has 1 amide bonds. The molecule has 0 saturated heterocycles. The second-order valence-corrected chi connectivity index (χ2v) is 5.08. The van der Waals surface area contributed by atoms with E-state index in [0.717, 1.165) is 6.08 Å². The zero-order chi connectivity index (χ0) is 14.8. The fraction of sp³-hybridized carbons (Fsp3) is 0.500. The first-order valence-electron chi connectivity index (χ1n) is 5.57. The Balaban J connectivity index is 2.82. The van der Waals surface area contributed by atoms with Gasteiger partial charge in [0.15, 0.2) is 0 Å². The van der Waals surface area contributed by atoms with Gasteiger partial charge in [-0.3, -0.25) is 0 Å². The number of carbonyl (C=O) groups excluding carboxylic acids is 1. The lowest BCUT2D eigenvalue weighted by atomic mass is 10.1. The molecule has 0 saturated carbocycles. The number of alkyl carbamates (subject to hydrolysis) is 1. The van der Waals surface area contributed by atoms with Crippen LogP contribution >= 0.6 is 0 Å². The first-order chi connectivity index (χ1) is 8.60. The maximum Gasteiger partial charge on any atom is 0.408 e. The highest BCUT2D eigenvalue weighted by molar-refractivity contribution is 5.89. The number of carboxylic acid groups (broad SMARTS) is 1. The van der Waals surface area contributed by atoms with Crippen LogP contribution in [-0.4, -0.2) is 28.8 Å². The van der Waals surface area contributed by atoms with Gasteiger partial charge >= 0.3 is 12.1 Å². The Hall–Kier alpha value is -1.92. The summed E-state index contributed by atoms with van der Waals surface area (Å²) in [5, 5.41) is 11.0. The van der Waals surface area contributed by atoms with Gasteiger partial charge in [0, 0.05) is 17.6 Å². The summed E-state index contributed by atoms with van der Waals surface area (Å²) in [6, 6.07) is -1.15. The Bertz CT molecular complexity index is 459. The van der Waals surface area contributed by atoms with E-state index >= 15 is 0 Å². The Labute approximate surface area is 108 Å². The van der Waals surface area contributed by atoms with Gasteiger partial charge in [0.1, 0.15) is 5.60 Å². The lowest BCUT2D eigenvalue weighted by Gasteiger charge is -2.21. The molecule has 1 atom stereocenters. The number of aliphatic carboxylic acids is 1. The Morgan fingerprint density at radius 2 is 2.00 bits per heavy atom. The summed E-state index contributed by atoms with van der Waals surface area (Å²) < 4.78 is 30.3. The molecule has 0 aromatic heterocycles. The minimum atomic E-state index is -1.99. The molecule has 0 heterocycles. The predicted octanol–water partition coefficient (Wildman–Crippen LogP) is 2.45. The maximum absolute atomic E-state index is 12.7. The number of carbonyl (C=O) groups is 2. The zero-order valence-electron chi connectivity index (χ0n) is 10.8. The van der Waals surface area contributed by atoms with Gasteiger partial charge in [-0.05, 0) is 26.8 Å². The van der Waals surface area contributed by atoms with E-state index in [2.05, 4.69) is 5.32 Å². The van der Waals surface area contributed by atoms with Crippen LogP contribution in [0.5, 0.6) is 0 Å². The monoisotopic (exact) mass is 275 g/mol. The fourth-order valence-electron chi connectivity index (χ4n) is 1.57. The average molecular weight is 275 g/mol. The first kappa shape index (κ1) is 15.1. The van der Waals surface area contributed by atoms with Crippen molar-refractivity contribution in [2.24, 2.45) is 0 Å². The number of amides is 1. The van der Waals surface area contributed by atoms with Crippen LogP contribution in [0.3, 0.4) is 0 Å². The van der Waals surface area contributed by atoms with Crippen molar-refractivity contribution < 1.29 is 28.2 Å². The predicted molar refractivity (Wildman–Crippen MR) is 62.7 cm³/mol. The van der Waals surface area contributed by atoms with Crippen LogP contribution in [0.4, 0.5) is 13.6 Å². The number of ether oxygens (including phenoxy) is 1. The molecule has 0 aliphatic heterocycles. The molecule has 0 unspecified atom stereocenters. The second kappa shape index (κ2) is 5.38. The molecule has 0 radical (unpaired) electrons. The minimum absolute atomic E-state index is 0.177. The van der Waals surface area contributed by atoms with Crippen molar-refractivity contribution >= 4 is 12.1 Å². The summed E-state index contributed by atoms with van der Waals surface area (Å²) in [4.78, 5) is 22.2. The molecule has 106 valence electrons. The van der Waals surface area contributed by atoms with E-state index in [4.69, 9.17) is 9.84 Å². The van der Waals surface area contributed by atoms with Crippen molar-refractivity contribution in [2.45, 2.75) is 38.8 Å². The molecule has 0 aromatic rings. The number of hydrogen-bond acceptors (Lipinski definition) is 3. The molecule has 1 rings (SSSR count). The third-order valence-corrected chi connectivity index (χ3v) is 2.31. The van der Waals surface area contributed by atoms with Crippen LogP contribution in [-0.2, 0) is 9.53 Å². The zero-order valence-corrected chi connectivity index (χ0v) is 10.8. The van der Waals surface area contributed by atoms with Crippen LogP contribution in [0, 0.1) is 0 Å². The van der Waals surface area contributed by atoms with Crippen LogP contribution in [0.25, 0.3) is 0 Å². The molecule has 7 heteroatoms. The molecule has 1 aliphatic rings. The average Bonchev–Trinajstić information content (AvgIpc) is 2.58. The van der Waals surface area contributed by atoms with E-state index in [-0.39, 0.29) is 5.57 Å². The van der Waals surface area contributed by atoms with Crippen LogP contribution in [0.1, 0.15) is 27.2 Å². The Kier molecular flexibility index (Phi) is 4.28. The van der Waals surface area contributed by atoms with Crippen LogP contribution in [0.2, 0.25) is 0 Å². The Morgan fingerprint density at radius 1 is 1.42 bits per heavy atom. The summed E-state index contributed by atoms with van der Waals surface area (Å²) >= 11 is 0. The van der Waals surface area contributed by atoms with E-state index < -0.39 is 41.8 Å². The third-order valence-electron chi connectivity index (χ3n) is 2.31. The quantitative estimate of drug-likeness (QED) is 0.811. The smallest absolute Gasteiger partial charge is 0.408 e. The lowest BCUT2D eigenvalue weighted by Crippen LogP contribution is -2.38. The van der Waals surface area contributed by atoms with E-state index in [9.17, 15) is 18.4 Å². The largest absolute Gasteiger partial charge is 0.478 e. The summed E-state index contributed by atoms with van der Waals surface area (Å²) in [6.07, 6.45) is -2.17. The van der Waals surface area contributed by atoms with E-state index in [1.807, 2.05) is 0 Å².